The highest BCUT2D eigenvalue weighted by molar-refractivity contribution is 7.22. The Morgan fingerprint density at radius 2 is 1.85 bits per heavy atom. The van der Waals surface area contributed by atoms with Crippen LogP contribution < -0.4 is 4.90 Å². The van der Waals surface area contributed by atoms with Crippen LogP contribution in [0.3, 0.4) is 0 Å². The largest absolute Gasteiger partial charge is 0.416 e. The van der Waals surface area contributed by atoms with Crippen LogP contribution in [-0.4, -0.2) is 55.2 Å². The van der Waals surface area contributed by atoms with Crippen LogP contribution in [0, 0.1) is 13.8 Å². The summed E-state index contributed by atoms with van der Waals surface area (Å²) in [6, 6.07) is 8.43. The molecule has 1 fully saturated rings. The third kappa shape index (κ3) is 5.54. The zero-order chi connectivity index (χ0) is 23.6. The minimum Gasteiger partial charge on any atom is -0.379 e. The number of carbonyl (C=O) groups excluding carboxylic acids is 1. The van der Waals surface area contributed by atoms with Gasteiger partial charge in [-0.25, -0.2) is 4.98 Å². The van der Waals surface area contributed by atoms with E-state index >= 15 is 0 Å². The normalized spacial score (nSPS) is 15.2. The van der Waals surface area contributed by atoms with E-state index in [1.165, 1.54) is 23.5 Å². The van der Waals surface area contributed by atoms with Crippen LogP contribution in [0.15, 0.2) is 36.4 Å². The molecule has 0 spiro atoms. The lowest BCUT2D eigenvalue weighted by atomic mass is 10.1. The Morgan fingerprint density at radius 1 is 1.15 bits per heavy atom. The fraction of sp³-hybridized carbons (Fsp3) is 0.417. The molecule has 176 valence electrons. The molecule has 1 amide bonds. The second-order valence-electron chi connectivity index (χ2n) is 8.27. The monoisotopic (exact) mass is 477 g/mol. The fourth-order valence-electron chi connectivity index (χ4n) is 4.00. The zero-order valence-corrected chi connectivity index (χ0v) is 19.4. The van der Waals surface area contributed by atoms with Crippen molar-refractivity contribution >= 4 is 32.6 Å². The van der Waals surface area contributed by atoms with Crippen LogP contribution in [0.4, 0.5) is 18.3 Å². The number of halogens is 3. The third-order valence-corrected chi connectivity index (χ3v) is 6.93. The highest BCUT2D eigenvalue weighted by Gasteiger charge is 2.31. The van der Waals surface area contributed by atoms with Gasteiger partial charge in [0, 0.05) is 31.7 Å². The van der Waals surface area contributed by atoms with Gasteiger partial charge in [0.15, 0.2) is 5.13 Å². The van der Waals surface area contributed by atoms with Gasteiger partial charge in [0.25, 0.3) is 5.91 Å². The van der Waals surface area contributed by atoms with E-state index in [4.69, 9.17) is 9.72 Å². The number of benzene rings is 2. The maximum absolute atomic E-state index is 13.4. The van der Waals surface area contributed by atoms with E-state index in [-0.39, 0.29) is 11.5 Å². The number of fused-ring (bicyclic) bond motifs is 1. The number of anilines is 1. The molecule has 0 bridgehead atoms. The summed E-state index contributed by atoms with van der Waals surface area (Å²) in [5.74, 6) is -0.348. The van der Waals surface area contributed by atoms with Crippen molar-refractivity contribution in [3.63, 3.8) is 0 Å². The van der Waals surface area contributed by atoms with Crippen LogP contribution >= 0.6 is 11.3 Å². The van der Waals surface area contributed by atoms with E-state index in [9.17, 15) is 18.0 Å². The Kier molecular flexibility index (Phi) is 7.02. The van der Waals surface area contributed by atoms with Crippen molar-refractivity contribution in [1.82, 2.24) is 9.88 Å². The van der Waals surface area contributed by atoms with E-state index in [2.05, 4.69) is 11.0 Å². The Morgan fingerprint density at radius 3 is 2.52 bits per heavy atom. The molecule has 9 heteroatoms. The predicted molar refractivity (Wildman–Crippen MR) is 124 cm³/mol. The standard InChI is InChI=1S/C24H26F3N3O2S/c1-16-14-17(2)21-20(15-16)28-23(33-21)30(9-3-8-29-10-12-32-13-11-29)22(31)18-4-6-19(7-5-18)24(25,26)27/h4-7,14-15H,3,8-13H2,1-2H3. The number of morpholine rings is 1. The van der Waals surface area contributed by atoms with Gasteiger partial charge in [0.1, 0.15) is 0 Å². The lowest BCUT2D eigenvalue weighted by Crippen LogP contribution is -2.39. The summed E-state index contributed by atoms with van der Waals surface area (Å²) in [7, 11) is 0. The summed E-state index contributed by atoms with van der Waals surface area (Å²) >= 11 is 1.44. The van der Waals surface area contributed by atoms with Gasteiger partial charge in [-0.1, -0.05) is 17.4 Å². The number of alkyl halides is 3. The van der Waals surface area contributed by atoms with Crippen LogP contribution in [0.25, 0.3) is 10.2 Å². The zero-order valence-electron chi connectivity index (χ0n) is 18.6. The number of aromatic nitrogens is 1. The number of aryl methyl sites for hydroxylation is 2. The molecule has 3 aromatic rings. The third-order valence-electron chi connectivity index (χ3n) is 5.70. The van der Waals surface area contributed by atoms with Crippen molar-refractivity contribution in [3.8, 4) is 0 Å². The van der Waals surface area contributed by atoms with Crippen LogP contribution in [0.2, 0.25) is 0 Å². The average Bonchev–Trinajstić information content (AvgIpc) is 3.20. The van der Waals surface area contributed by atoms with Crippen LogP contribution in [0.5, 0.6) is 0 Å². The SMILES string of the molecule is Cc1cc(C)c2sc(N(CCCN3CCOCC3)C(=O)c3ccc(C(F)(F)F)cc3)nc2c1. The van der Waals surface area contributed by atoms with Gasteiger partial charge in [0.2, 0.25) is 0 Å². The van der Waals surface area contributed by atoms with Gasteiger partial charge in [-0.2, -0.15) is 13.2 Å². The number of rotatable bonds is 6. The molecule has 0 unspecified atom stereocenters. The average molecular weight is 478 g/mol. The topological polar surface area (TPSA) is 45.7 Å². The number of hydrogen-bond acceptors (Lipinski definition) is 5. The lowest BCUT2D eigenvalue weighted by Gasteiger charge is -2.27. The van der Waals surface area contributed by atoms with E-state index in [0.29, 0.717) is 24.9 Å². The summed E-state index contributed by atoms with van der Waals surface area (Å²) in [4.78, 5) is 22.0. The lowest BCUT2D eigenvalue weighted by molar-refractivity contribution is -0.137. The molecule has 1 aliphatic rings. The van der Waals surface area contributed by atoms with E-state index < -0.39 is 11.7 Å². The second-order valence-corrected chi connectivity index (χ2v) is 9.24. The summed E-state index contributed by atoms with van der Waals surface area (Å²) in [5, 5.41) is 0.561. The molecule has 1 aromatic heterocycles. The van der Waals surface area contributed by atoms with Crippen molar-refractivity contribution < 1.29 is 22.7 Å². The van der Waals surface area contributed by atoms with Crippen molar-refractivity contribution in [3.05, 3.63) is 58.7 Å². The highest BCUT2D eigenvalue weighted by Crippen LogP contribution is 2.34. The van der Waals surface area contributed by atoms with Gasteiger partial charge in [-0.05, 0) is 61.7 Å². The number of thiazole rings is 1. The molecule has 4 rings (SSSR count). The Labute approximate surface area is 194 Å². The minimum atomic E-state index is -4.44. The van der Waals surface area contributed by atoms with Crippen LogP contribution in [0.1, 0.15) is 33.5 Å². The number of carbonyl (C=O) groups is 1. The molecule has 0 saturated carbocycles. The van der Waals surface area contributed by atoms with Gasteiger partial charge in [-0.3, -0.25) is 14.6 Å². The molecular formula is C24H26F3N3O2S. The predicted octanol–water partition coefficient (Wildman–Crippen LogP) is 5.30. The molecule has 0 N–H and O–H groups in total. The quantitative estimate of drug-likeness (QED) is 0.483. The van der Waals surface area contributed by atoms with Gasteiger partial charge >= 0.3 is 6.18 Å². The fourth-order valence-corrected chi connectivity index (χ4v) is 5.04. The summed E-state index contributed by atoms with van der Waals surface area (Å²) in [5.41, 5.74) is 2.44. The Hall–Kier alpha value is -2.49. The first-order valence-corrected chi connectivity index (χ1v) is 11.7. The maximum Gasteiger partial charge on any atom is 0.416 e. The molecule has 1 aliphatic heterocycles. The molecule has 2 heterocycles. The van der Waals surface area contributed by atoms with Gasteiger partial charge in [0.05, 0.1) is 29.0 Å². The summed E-state index contributed by atoms with van der Waals surface area (Å²) in [6.07, 6.45) is -3.72. The molecule has 0 aliphatic carbocycles. The molecule has 33 heavy (non-hydrogen) atoms. The van der Waals surface area contributed by atoms with Crippen LogP contribution in [-0.2, 0) is 10.9 Å². The molecule has 1 saturated heterocycles. The van der Waals surface area contributed by atoms with Gasteiger partial charge in [-0.15, -0.1) is 0 Å². The first kappa shape index (κ1) is 23.7. The van der Waals surface area contributed by atoms with Crippen molar-refractivity contribution in [2.24, 2.45) is 0 Å². The summed E-state index contributed by atoms with van der Waals surface area (Å²) < 4.78 is 45.3. The molecule has 5 nitrogen and oxygen atoms in total. The number of amides is 1. The maximum atomic E-state index is 13.4. The van der Waals surface area contributed by atoms with Crippen molar-refractivity contribution in [2.75, 3.05) is 44.3 Å². The first-order chi connectivity index (χ1) is 15.7. The Bertz CT molecular complexity index is 1120. The number of ether oxygens (including phenoxy) is 1. The molecule has 2 aromatic carbocycles. The molecular weight excluding hydrogens is 451 g/mol. The molecule has 0 radical (unpaired) electrons. The molecule has 0 atom stereocenters. The number of hydrogen-bond donors (Lipinski definition) is 0. The van der Waals surface area contributed by atoms with Gasteiger partial charge < -0.3 is 4.74 Å². The first-order valence-electron chi connectivity index (χ1n) is 10.9. The second kappa shape index (κ2) is 9.79. The van der Waals surface area contributed by atoms with Crippen molar-refractivity contribution in [1.29, 1.82) is 0 Å². The smallest absolute Gasteiger partial charge is 0.379 e. The van der Waals surface area contributed by atoms with E-state index in [1.807, 2.05) is 19.9 Å². The number of nitrogens with zero attached hydrogens (tertiary/aromatic N) is 3. The minimum absolute atomic E-state index is 0.210. The Balaban J connectivity index is 1.60. The summed E-state index contributed by atoms with van der Waals surface area (Å²) in [6.45, 7) is 8.35. The van der Waals surface area contributed by atoms with E-state index in [0.717, 1.165) is 59.5 Å². The van der Waals surface area contributed by atoms with E-state index in [1.54, 1.807) is 4.90 Å². The van der Waals surface area contributed by atoms with Crippen molar-refractivity contribution in [2.45, 2.75) is 26.4 Å². The highest BCUT2D eigenvalue weighted by atomic mass is 32.1.